The second kappa shape index (κ2) is 9.28. The summed E-state index contributed by atoms with van der Waals surface area (Å²) in [5, 5.41) is 14.5. The number of rotatable bonds is 7. The molecule has 1 amide bonds. The highest BCUT2D eigenvalue weighted by molar-refractivity contribution is 7.98. The number of aliphatic carboxylic acids is 1. The average molecular weight is 379 g/mol. The van der Waals surface area contributed by atoms with E-state index in [-0.39, 0.29) is 12.2 Å². The Balaban J connectivity index is 2.92. The van der Waals surface area contributed by atoms with Gasteiger partial charge in [-0.05, 0) is 46.1 Å². The molecule has 26 heavy (non-hydrogen) atoms. The minimum absolute atomic E-state index is 0.0131. The fourth-order valence-corrected chi connectivity index (χ4v) is 2.47. The summed E-state index contributed by atoms with van der Waals surface area (Å²) >= 11 is 1.49. The number of nitrogens with zero attached hydrogens (tertiary/aromatic N) is 1. The highest BCUT2D eigenvalue weighted by atomic mass is 32.2. The molecule has 142 valence electrons. The summed E-state index contributed by atoms with van der Waals surface area (Å²) in [7, 11) is 0. The third kappa shape index (κ3) is 6.79. The molecule has 1 aromatic rings. The van der Waals surface area contributed by atoms with Crippen LogP contribution in [0, 0.1) is 0 Å². The van der Waals surface area contributed by atoms with Gasteiger partial charge in [-0.3, -0.25) is 0 Å². The number of alkyl carbamates (subject to hydrolysis) is 1. The van der Waals surface area contributed by atoms with Crippen LogP contribution < -0.4 is 10.6 Å². The number of thioether (sulfide) groups is 1. The maximum absolute atomic E-state index is 11.8. The van der Waals surface area contributed by atoms with Gasteiger partial charge in [0, 0.05) is 4.90 Å². The summed E-state index contributed by atoms with van der Waals surface area (Å²) in [4.78, 5) is 28.3. The average Bonchev–Trinajstić information content (AvgIpc) is 2.55. The first-order valence-electron chi connectivity index (χ1n) is 7.94. The van der Waals surface area contributed by atoms with Crippen LogP contribution in [-0.2, 0) is 16.1 Å². The van der Waals surface area contributed by atoms with Gasteiger partial charge in [-0.1, -0.05) is 12.7 Å². The summed E-state index contributed by atoms with van der Waals surface area (Å²) in [5.41, 5.74) is 0.913. The Hall–Kier alpha value is -2.48. The molecule has 0 aliphatic heterocycles. The third-order valence-corrected chi connectivity index (χ3v) is 3.88. The molecule has 0 aliphatic carbocycles. The number of carbonyl (C=O) groups excluding carboxylic acids is 1. The molecule has 0 spiro atoms. The summed E-state index contributed by atoms with van der Waals surface area (Å²) < 4.78 is 5.22. The van der Waals surface area contributed by atoms with Crippen molar-refractivity contribution >= 4 is 29.5 Å². The summed E-state index contributed by atoms with van der Waals surface area (Å²) in [6.45, 7) is 11.0. The first kappa shape index (κ1) is 21.6. The normalized spacial score (nSPS) is 11.7. The van der Waals surface area contributed by atoms with Gasteiger partial charge in [0.2, 0.25) is 0 Å². The van der Waals surface area contributed by atoms with Crippen molar-refractivity contribution in [3.8, 4) is 0 Å². The van der Waals surface area contributed by atoms with E-state index in [0.29, 0.717) is 17.1 Å². The number of amides is 1. The monoisotopic (exact) mass is 379 g/mol. The standard InChI is InChI=1S/C18H25N3O4S/c1-7-12(16(22)23)20-11(2)13-8-9-15(26-6)14(21-13)10-19-17(24)25-18(3,4)5/h7-9,20H,2,10H2,1,3-6H3,(H,19,24)(H,22,23)/b12-7+. The number of aromatic nitrogens is 1. The molecule has 0 saturated heterocycles. The van der Waals surface area contributed by atoms with Crippen LogP contribution in [0.1, 0.15) is 39.1 Å². The van der Waals surface area contributed by atoms with Gasteiger partial charge < -0.3 is 20.5 Å². The van der Waals surface area contributed by atoms with E-state index in [1.54, 1.807) is 33.8 Å². The molecule has 0 atom stereocenters. The van der Waals surface area contributed by atoms with Crippen LogP contribution in [0.15, 0.2) is 35.4 Å². The van der Waals surface area contributed by atoms with Crippen LogP contribution in [0.3, 0.4) is 0 Å². The number of ether oxygens (including phenoxy) is 1. The van der Waals surface area contributed by atoms with Crippen molar-refractivity contribution in [2.24, 2.45) is 0 Å². The molecule has 0 saturated carbocycles. The summed E-state index contributed by atoms with van der Waals surface area (Å²) in [5.74, 6) is -1.08. The number of hydrogen-bond donors (Lipinski definition) is 3. The van der Waals surface area contributed by atoms with Crippen LogP contribution in [0.25, 0.3) is 5.70 Å². The van der Waals surface area contributed by atoms with Crippen molar-refractivity contribution in [1.82, 2.24) is 15.6 Å². The Morgan fingerprint density at radius 3 is 2.54 bits per heavy atom. The van der Waals surface area contributed by atoms with E-state index < -0.39 is 17.7 Å². The number of carboxylic acid groups (broad SMARTS) is 1. The lowest BCUT2D eigenvalue weighted by atomic mass is 10.2. The zero-order valence-corrected chi connectivity index (χ0v) is 16.5. The van der Waals surface area contributed by atoms with E-state index >= 15 is 0 Å². The third-order valence-electron chi connectivity index (χ3n) is 3.07. The Labute approximate surface area is 157 Å². The molecular formula is C18H25N3O4S. The van der Waals surface area contributed by atoms with Crippen molar-refractivity contribution in [2.45, 2.75) is 44.7 Å². The maximum Gasteiger partial charge on any atom is 0.407 e. The second-order valence-electron chi connectivity index (χ2n) is 6.31. The van der Waals surface area contributed by atoms with Gasteiger partial charge in [-0.2, -0.15) is 0 Å². The van der Waals surface area contributed by atoms with Crippen molar-refractivity contribution in [3.05, 3.63) is 41.9 Å². The molecule has 3 N–H and O–H groups in total. The quantitative estimate of drug-likeness (QED) is 0.493. The lowest BCUT2D eigenvalue weighted by Gasteiger charge is -2.20. The first-order valence-corrected chi connectivity index (χ1v) is 9.16. The predicted octanol–water partition coefficient (Wildman–Crippen LogP) is 3.38. The molecule has 0 aromatic carbocycles. The molecular weight excluding hydrogens is 354 g/mol. The smallest absolute Gasteiger partial charge is 0.407 e. The van der Waals surface area contributed by atoms with E-state index in [9.17, 15) is 9.59 Å². The van der Waals surface area contributed by atoms with Crippen molar-refractivity contribution < 1.29 is 19.4 Å². The minimum Gasteiger partial charge on any atom is -0.477 e. The van der Waals surface area contributed by atoms with Crippen molar-refractivity contribution in [1.29, 1.82) is 0 Å². The fraction of sp³-hybridized carbons (Fsp3) is 0.389. The molecule has 0 unspecified atom stereocenters. The van der Waals surface area contributed by atoms with Crippen LogP contribution in [0.5, 0.6) is 0 Å². The molecule has 1 heterocycles. The number of carbonyl (C=O) groups is 2. The molecule has 0 fully saturated rings. The number of pyridine rings is 1. The van der Waals surface area contributed by atoms with Crippen molar-refractivity contribution in [2.75, 3.05) is 6.26 Å². The van der Waals surface area contributed by atoms with Crippen LogP contribution in [0.2, 0.25) is 0 Å². The van der Waals surface area contributed by atoms with Gasteiger partial charge in [0.25, 0.3) is 0 Å². The molecule has 0 aliphatic rings. The second-order valence-corrected chi connectivity index (χ2v) is 7.16. The summed E-state index contributed by atoms with van der Waals surface area (Å²) in [6.07, 6.45) is 2.81. The molecule has 8 heteroatoms. The number of nitrogens with one attached hydrogen (secondary N) is 2. The number of hydrogen-bond acceptors (Lipinski definition) is 6. The van der Waals surface area contributed by atoms with E-state index in [2.05, 4.69) is 22.2 Å². The molecule has 1 rings (SSSR count). The zero-order valence-electron chi connectivity index (χ0n) is 15.7. The van der Waals surface area contributed by atoms with Crippen LogP contribution >= 0.6 is 11.8 Å². The largest absolute Gasteiger partial charge is 0.477 e. The van der Waals surface area contributed by atoms with Crippen molar-refractivity contribution in [3.63, 3.8) is 0 Å². The van der Waals surface area contributed by atoms with Crippen LogP contribution in [-0.4, -0.2) is 34.0 Å². The lowest BCUT2D eigenvalue weighted by molar-refractivity contribution is -0.132. The zero-order chi connectivity index (χ0) is 19.9. The lowest BCUT2D eigenvalue weighted by Crippen LogP contribution is -2.32. The number of carboxylic acids is 1. The Morgan fingerprint density at radius 1 is 1.38 bits per heavy atom. The topological polar surface area (TPSA) is 101 Å². The van der Waals surface area contributed by atoms with Gasteiger partial charge in [0.05, 0.1) is 23.6 Å². The highest BCUT2D eigenvalue weighted by Crippen LogP contribution is 2.21. The Morgan fingerprint density at radius 2 is 2.04 bits per heavy atom. The fourth-order valence-electron chi connectivity index (χ4n) is 1.91. The Kier molecular flexibility index (Phi) is 7.70. The van der Waals surface area contributed by atoms with E-state index in [4.69, 9.17) is 9.84 Å². The SMILES string of the molecule is C=C(N/C(=C/C)C(=O)O)c1ccc(SC)c(CNC(=O)OC(C)(C)C)n1. The first-order chi connectivity index (χ1) is 12.1. The predicted molar refractivity (Wildman–Crippen MR) is 103 cm³/mol. The molecule has 7 nitrogen and oxygen atoms in total. The van der Waals surface area contributed by atoms with Crippen LogP contribution in [0.4, 0.5) is 4.79 Å². The van der Waals surface area contributed by atoms with Gasteiger partial charge in [0.1, 0.15) is 11.3 Å². The van der Waals surface area contributed by atoms with Gasteiger partial charge in [-0.25, -0.2) is 14.6 Å². The molecule has 0 bridgehead atoms. The van der Waals surface area contributed by atoms with E-state index in [0.717, 1.165) is 4.90 Å². The van der Waals surface area contributed by atoms with Gasteiger partial charge in [0.15, 0.2) is 0 Å². The molecule has 1 aromatic heterocycles. The minimum atomic E-state index is -1.08. The van der Waals surface area contributed by atoms with Gasteiger partial charge in [-0.15, -0.1) is 11.8 Å². The summed E-state index contributed by atoms with van der Waals surface area (Å²) in [6, 6.07) is 3.59. The van der Waals surface area contributed by atoms with E-state index in [1.165, 1.54) is 17.8 Å². The maximum atomic E-state index is 11.8. The number of allylic oxidation sites excluding steroid dienone is 1. The Bertz CT molecular complexity index is 724. The van der Waals surface area contributed by atoms with Gasteiger partial charge >= 0.3 is 12.1 Å². The van der Waals surface area contributed by atoms with E-state index in [1.807, 2.05) is 12.3 Å². The highest BCUT2D eigenvalue weighted by Gasteiger charge is 2.17. The molecule has 0 radical (unpaired) electrons.